The van der Waals surface area contributed by atoms with Crippen molar-refractivity contribution in [2.75, 3.05) is 5.75 Å². The molecule has 3 aromatic rings. The van der Waals surface area contributed by atoms with Gasteiger partial charge in [0.15, 0.2) is 0 Å². The number of hydrogen-bond acceptors (Lipinski definition) is 3. The van der Waals surface area contributed by atoms with Crippen molar-refractivity contribution in [3.8, 4) is 11.4 Å². The van der Waals surface area contributed by atoms with Gasteiger partial charge in [-0.15, -0.1) is 11.8 Å². The van der Waals surface area contributed by atoms with Gasteiger partial charge >= 0.3 is 12.4 Å². The van der Waals surface area contributed by atoms with E-state index in [1.54, 1.807) is 6.92 Å². The quantitative estimate of drug-likeness (QED) is 0.409. The van der Waals surface area contributed by atoms with Crippen molar-refractivity contribution in [2.45, 2.75) is 24.2 Å². The summed E-state index contributed by atoms with van der Waals surface area (Å²) in [4.78, 5) is 8.01. The van der Waals surface area contributed by atoms with Gasteiger partial charge in [-0.3, -0.25) is 0 Å². The third-order valence-corrected chi connectivity index (χ3v) is 4.84. The molecule has 0 bridgehead atoms. The van der Waals surface area contributed by atoms with Crippen molar-refractivity contribution in [1.82, 2.24) is 14.5 Å². The zero-order chi connectivity index (χ0) is 20.0. The number of aromatic nitrogens is 3. The van der Waals surface area contributed by atoms with Gasteiger partial charge in [-0.05, 0) is 30.0 Å². The molecule has 0 atom stereocenters. The normalized spacial score (nSPS) is 12.7. The van der Waals surface area contributed by atoms with Crippen molar-refractivity contribution >= 4 is 22.8 Å². The summed E-state index contributed by atoms with van der Waals surface area (Å²) in [5.41, 5.74) is -1.00. The Hall–Kier alpha value is -2.23. The van der Waals surface area contributed by atoms with Crippen LogP contribution in [0.2, 0.25) is 0 Å². The number of rotatable bonds is 3. The Labute approximate surface area is 154 Å². The molecule has 3 nitrogen and oxygen atoms in total. The van der Waals surface area contributed by atoms with Crippen molar-refractivity contribution in [3.63, 3.8) is 0 Å². The highest BCUT2D eigenvalue weighted by Gasteiger charge is 2.34. The highest BCUT2D eigenvalue weighted by Crippen LogP contribution is 2.38. The molecule has 27 heavy (non-hydrogen) atoms. The molecule has 3 rings (SSSR count). The molecule has 0 aliphatic rings. The molecule has 0 amide bonds. The number of alkyl halides is 6. The summed E-state index contributed by atoms with van der Waals surface area (Å²) >= 11 is 1.20. The zero-order valence-corrected chi connectivity index (χ0v) is 14.9. The van der Waals surface area contributed by atoms with Gasteiger partial charge in [0.2, 0.25) is 0 Å². The summed E-state index contributed by atoms with van der Waals surface area (Å²) in [7, 11) is 1.52. The molecular formula is C17H13F6N3S. The van der Waals surface area contributed by atoms with Gasteiger partial charge in [0, 0.05) is 17.5 Å². The maximum Gasteiger partial charge on any atom is 0.433 e. The number of halogens is 6. The summed E-state index contributed by atoms with van der Waals surface area (Å²) in [6, 6.07) is 4.14. The van der Waals surface area contributed by atoms with Crippen LogP contribution in [0.3, 0.4) is 0 Å². The van der Waals surface area contributed by atoms with Crippen LogP contribution in [0.25, 0.3) is 22.4 Å². The lowest BCUT2D eigenvalue weighted by Gasteiger charge is -2.13. The number of pyridine rings is 1. The summed E-state index contributed by atoms with van der Waals surface area (Å²) < 4.78 is 79.1. The van der Waals surface area contributed by atoms with Gasteiger partial charge < -0.3 is 4.57 Å². The molecule has 0 aliphatic carbocycles. The Morgan fingerprint density at radius 3 is 2.33 bits per heavy atom. The minimum absolute atomic E-state index is 0.194. The standard InChI is InChI=1S/C17H13F6N3S/c1-3-27-13-6-9(16(18,19)20)4-5-10(13)15-25-11-8-24-14(17(21,22)23)7-12(11)26(15)2/h4-8H,3H2,1-2H3. The van der Waals surface area contributed by atoms with Crippen molar-refractivity contribution < 1.29 is 26.3 Å². The van der Waals surface area contributed by atoms with Gasteiger partial charge in [-0.2, -0.15) is 26.3 Å². The van der Waals surface area contributed by atoms with E-state index in [4.69, 9.17) is 0 Å². The average molecular weight is 405 g/mol. The number of hydrogen-bond donors (Lipinski definition) is 0. The topological polar surface area (TPSA) is 30.7 Å². The predicted octanol–water partition coefficient (Wildman–Crippen LogP) is 5.78. The van der Waals surface area contributed by atoms with E-state index < -0.39 is 23.6 Å². The van der Waals surface area contributed by atoms with Crippen molar-refractivity contribution in [2.24, 2.45) is 7.05 Å². The van der Waals surface area contributed by atoms with Gasteiger partial charge in [0.25, 0.3) is 0 Å². The van der Waals surface area contributed by atoms with Crippen LogP contribution < -0.4 is 0 Å². The molecule has 1 aromatic carbocycles. The Kier molecular flexibility index (Phi) is 4.87. The zero-order valence-electron chi connectivity index (χ0n) is 14.1. The van der Waals surface area contributed by atoms with E-state index in [1.807, 2.05) is 0 Å². The van der Waals surface area contributed by atoms with Crippen LogP contribution in [-0.2, 0) is 19.4 Å². The van der Waals surface area contributed by atoms with Crippen LogP contribution in [0.5, 0.6) is 0 Å². The van der Waals surface area contributed by atoms with E-state index in [9.17, 15) is 26.3 Å². The summed E-state index contributed by atoms with van der Waals surface area (Å²) in [6.07, 6.45) is -8.08. The molecule has 0 N–H and O–H groups in total. The number of fused-ring (bicyclic) bond motifs is 1. The van der Waals surface area contributed by atoms with E-state index in [2.05, 4.69) is 9.97 Å². The number of imidazole rings is 1. The maximum atomic E-state index is 13.0. The molecule has 144 valence electrons. The summed E-state index contributed by atoms with van der Waals surface area (Å²) in [6.45, 7) is 1.79. The Morgan fingerprint density at radius 2 is 1.74 bits per heavy atom. The van der Waals surface area contributed by atoms with Gasteiger partial charge in [0.1, 0.15) is 17.0 Å². The highest BCUT2D eigenvalue weighted by atomic mass is 32.2. The van der Waals surface area contributed by atoms with Crippen LogP contribution in [0, 0.1) is 0 Å². The first kappa shape index (κ1) is 19.5. The predicted molar refractivity (Wildman–Crippen MR) is 90.3 cm³/mol. The van der Waals surface area contributed by atoms with E-state index >= 15 is 0 Å². The smallest absolute Gasteiger partial charge is 0.327 e. The van der Waals surface area contributed by atoms with Crippen LogP contribution in [0.15, 0.2) is 35.4 Å². The lowest BCUT2D eigenvalue weighted by molar-refractivity contribution is -0.141. The minimum atomic E-state index is -4.60. The summed E-state index contributed by atoms with van der Waals surface area (Å²) in [5.74, 6) is 0.800. The molecule has 0 spiro atoms. The Balaban J connectivity index is 2.18. The second kappa shape index (κ2) is 6.74. The fraction of sp³-hybridized carbons (Fsp3) is 0.294. The van der Waals surface area contributed by atoms with E-state index in [1.165, 1.54) is 29.4 Å². The largest absolute Gasteiger partial charge is 0.433 e. The van der Waals surface area contributed by atoms with E-state index in [0.29, 0.717) is 16.2 Å². The Bertz CT molecular complexity index is 991. The fourth-order valence-electron chi connectivity index (χ4n) is 2.65. The molecule has 0 fully saturated rings. The molecule has 0 saturated carbocycles. The second-order valence-electron chi connectivity index (χ2n) is 5.69. The SMILES string of the molecule is CCSc1cc(C(F)(F)F)ccc1-c1nc2cnc(C(F)(F)F)cc2n1C. The number of thioether (sulfide) groups is 1. The van der Waals surface area contributed by atoms with Crippen LogP contribution in [0.4, 0.5) is 26.3 Å². The second-order valence-corrected chi connectivity index (χ2v) is 7.00. The maximum absolute atomic E-state index is 13.0. The Morgan fingerprint density at radius 1 is 1.04 bits per heavy atom. The van der Waals surface area contributed by atoms with Crippen LogP contribution >= 0.6 is 11.8 Å². The van der Waals surface area contributed by atoms with Crippen LogP contribution in [-0.4, -0.2) is 20.3 Å². The molecule has 0 radical (unpaired) electrons. The molecule has 0 unspecified atom stereocenters. The number of benzene rings is 1. The number of nitrogens with zero attached hydrogens (tertiary/aromatic N) is 3. The van der Waals surface area contributed by atoms with Gasteiger partial charge in [0.05, 0.1) is 17.3 Å². The van der Waals surface area contributed by atoms with Crippen LogP contribution in [0.1, 0.15) is 18.2 Å². The highest BCUT2D eigenvalue weighted by molar-refractivity contribution is 7.99. The molecule has 2 heterocycles. The van der Waals surface area contributed by atoms with Gasteiger partial charge in [-0.1, -0.05) is 6.92 Å². The fourth-order valence-corrected chi connectivity index (χ4v) is 3.49. The lowest BCUT2D eigenvalue weighted by atomic mass is 10.1. The first-order chi connectivity index (χ1) is 12.5. The van der Waals surface area contributed by atoms with Crippen molar-refractivity contribution in [3.05, 3.63) is 41.7 Å². The molecule has 0 aliphatic heterocycles. The van der Waals surface area contributed by atoms with Gasteiger partial charge in [-0.25, -0.2) is 9.97 Å². The number of aryl methyl sites for hydroxylation is 1. The monoisotopic (exact) mass is 405 g/mol. The first-order valence-corrected chi connectivity index (χ1v) is 8.75. The lowest BCUT2D eigenvalue weighted by Crippen LogP contribution is -2.07. The third-order valence-electron chi connectivity index (χ3n) is 3.91. The molecule has 0 saturated heterocycles. The van der Waals surface area contributed by atoms with E-state index in [-0.39, 0.29) is 16.9 Å². The van der Waals surface area contributed by atoms with E-state index in [0.717, 1.165) is 24.4 Å². The minimum Gasteiger partial charge on any atom is -0.327 e. The summed E-state index contributed by atoms with van der Waals surface area (Å²) in [5, 5.41) is 0. The molecular weight excluding hydrogens is 392 g/mol. The molecule has 10 heteroatoms. The molecule has 2 aromatic heterocycles. The first-order valence-electron chi connectivity index (χ1n) is 7.76. The van der Waals surface area contributed by atoms with Crippen molar-refractivity contribution in [1.29, 1.82) is 0 Å². The average Bonchev–Trinajstić information content (AvgIpc) is 2.90. The third kappa shape index (κ3) is 3.76.